The van der Waals surface area contributed by atoms with Crippen LogP contribution in [0.25, 0.3) is 0 Å². The molecular formula is C21H22Cl2FN3O2. The highest BCUT2D eigenvalue weighted by molar-refractivity contribution is 6.42. The van der Waals surface area contributed by atoms with Crippen LogP contribution in [0, 0.1) is 5.82 Å². The summed E-state index contributed by atoms with van der Waals surface area (Å²) in [5.74, 6) is -0.556. The molecule has 0 bridgehead atoms. The van der Waals surface area contributed by atoms with Crippen LogP contribution in [0.1, 0.15) is 18.4 Å². The first-order chi connectivity index (χ1) is 14.0. The van der Waals surface area contributed by atoms with Crippen molar-refractivity contribution in [3.8, 4) is 0 Å². The Morgan fingerprint density at radius 3 is 2.79 bits per heavy atom. The van der Waals surface area contributed by atoms with Gasteiger partial charge in [0.25, 0.3) is 0 Å². The molecule has 8 heteroatoms. The van der Waals surface area contributed by atoms with Crippen LogP contribution in [0.2, 0.25) is 10.0 Å². The van der Waals surface area contributed by atoms with E-state index >= 15 is 0 Å². The number of nitrogens with one attached hydrogen (secondary N) is 2. The molecule has 1 heterocycles. The molecule has 0 aromatic heterocycles. The van der Waals surface area contributed by atoms with Crippen LogP contribution in [0.4, 0.5) is 10.1 Å². The predicted octanol–water partition coefficient (Wildman–Crippen LogP) is 3.57. The van der Waals surface area contributed by atoms with E-state index in [9.17, 15) is 14.0 Å². The molecule has 0 saturated carbocycles. The molecule has 1 aliphatic rings. The number of benzene rings is 2. The van der Waals surface area contributed by atoms with E-state index < -0.39 is 6.04 Å². The van der Waals surface area contributed by atoms with E-state index in [0.717, 1.165) is 30.6 Å². The first-order valence-electron chi connectivity index (χ1n) is 9.41. The lowest BCUT2D eigenvalue weighted by molar-refractivity contribution is -0.126. The second-order valence-corrected chi connectivity index (χ2v) is 7.88. The normalized spacial score (nSPS) is 17.5. The minimum atomic E-state index is -0.728. The van der Waals surface area contributed by atoms with E-state index in [1.807, 2.05) is 6.07 Å². The molecule has 2 aromatic rings. The summed E-state index contributed by atoms with van der Waals surface area (Å²) in [5, 5.41) is 6.41. The van der Waals surface area contributed by atoms with Gasteiger partial charge in [0.15, 0.2) is 0 Å². The van der Waals surface area contributed by atoms with Crippen molar-refractivity contribution in [1.29, 1.82) is 0 Å². The van der Waals surface area contributed by atoms with Gasteiger partial charge in [-0.2, -0.15) is 0 Å². The zero-order valence-corrected chi connectivity index (χ0v) is 17.2. The van der Waals surface area contributed by atoms with Crippen molar-refractivity contribution in [2.24, 2.45) is 0 Å². The summed E-state index contributed by atoms with van der Waals surface area (Å²) in [6.45, 7) is 1.38. The molecule has 2 aromatic carbocycles. The Labute approximate surface area is 179 Å². The maximum Gasteiger partial charge on any atom is 0.243 e. The van der Waals surface area contributed by atoms with Crippen molar-refractivity contribution < 1.29 is 14.0 Å². The Kier molecular flexibility index (Phi) is 7.34. The number of amides is 2. The maximum absolute atomic E-state index is 13.5. The first kappa shape index (κ1) is 21.4. The van der Waals surface area contributed by atoms with Crippen molar-refractivity contribution in [3.63, 3.8) is 0 Å². The highest BCUT2D eigenvalue weighted by Crippen LogP contribution is 2.24. The van der Waals surface area contributed by atoms with E-state index in [-0.39, 0.29) is 17.8 Å². The van der Waals surface area contributed by atoms with Crippen molar-refractivity contribution >= 4 is 41.2 Å². The molecular weight excluding hydrogens is 416 g/mol. The number of anilines is 1. The van der Waals surface area contributed by atoms with Crippen LogP contribution in [0.5, 0.6) is 0 Å². The van der Waals surface area contributed by atoms with E-state index in [0.29, 0.717) is 29.4 Å². The van der Waals surface area contributed by atoms with E-state index in [4.69, 9.17) is 23.2 Å². The molecule has 0 aliphatic carbocycles. The van der Waals surface area contributed by atoms with Crippen LogP contribution < -0.4 is 15.5 Å². The molecule has 3 rings (SSSR count). The van der Waals surface area contributed by atoms with Crippen LogP contribution in [0.3, 0.4) is 0 Å². The summed E-state index contributed by atoms with van der Waals surface area (Å²) in [5.41, 5.74) is 1.58. The topological polar surface area (TPSA) is 61.4 Å². The number of carbonyl (C=O) groups is 2. The summed E-state index contributed by atoms with van der Waals surface area (Å²) in [6.07, 6.45) is 2.50. The quantitative estimate of drug-likeness (QED) is 0.650. The molecule has 2 atom stereocenters. The third kappa shape index (κ3) is 5.84. The molecule has 0 unspecified atom stereocenters. The lowest BCUT2D eigenvalue weighted by Crippen LogP contribution is -2.53. The molecule has 0 spiro atoms. The highest BCUT2D eigenvalue weighted by atomic mass is 35.5. The van der Waals surface area contributed by atoms with Gasteiger partial charge >= 0.3 is 0 Å². The zero-order chi connectivity index (χ0) is 20.8. The second kappa shape index (κ2) is 9.94. The van der Waals surface area contributed by atoms with Crippen molar-refractivity contribution in [2.45, 2.75) is 31.3 Å². The Balaban J connectivity index is 1.64. The average molecular weight is 438 g/mol. The Bertz CT molecular complexity index is 881. The van der Waals surface area contributed by atoms with Gasteiger partial charge < -0.3 is 15.5 Å². The van der Waals surface area contributed by atoms with Gasteiger partial charge in [-0.05, 0) is 48.7 Å². The number of nitrogens with zero attached hydrogens (tertiary/aromatic N) is 1. The largest absolute Gasteiger partial charge is 0.369 e. The number of piperidine rings is 1. The molecule has 5 nitrogen and oxygen atoms in total. The van der Waals surface area contributed by atoms with Crippen LogP contribution in [-0.4, -0.2) is 37.5 Å². The minimum absolute atomic E-state index is 0.0933. The first-order valence-corrected chi connectivity index (χ1v) is 10.2. The van der Waals surface area contributed by atoms with Gasteiger partial charge in [0.05, 0.1) is 10.0 Å². The number of carbonyl (C=O) groups excluding carboxylic acids is 2. The molecule has 0 radical (unpaired) electrons. The summed E-state index contributed by atoms with van der Waals surface area (Å²) in [6, 6.07) is 10.7. The fourth-order valence-electron chi connectivity index (χ4n) is 3.52. The fraction of sp³-hybridized carbons (Fsp3) is 0.333. The van der Waals surface area contributed by atoms with Gasteiger partial charge in [0.2, 0.25) is 12.3 Å². The number of hydrogen-bond donors (Lipinski definition) is 2. The van der Waals surface area contributed by atoms with Crippen molar-refractivity contribution in [2.75, 3.05) is 18.0 Å². The average Bonchev–Trinajstić information content (AvgIpc) is 2.70. The summed E-state index contributed by atoms with van der Waals surface area (Å²) < 4.78 is 13.5. The highest BCUT2D eigenvalue weighted by Gasteiger charge is 2.25. The van der Waals surface area contributed by atoms with Gasteiger partial charge in [-0.15, -0.1) is 0 Å². The Morgan fingerprint density at radius 2 is 2.07 bits per heavy atom. The SMILES string of the molecule is O=CN[C@@H](Cc1ccc(Cl)c(Cl)c1)C(=O)N[C@@H]1CCCN(c2cccc(F)c2)C1. The van der Waals surface area contributed by atoms with Gasteiger partial charge in [-0.25, -0.2) is 4.39 Å². The Hall–Kier alpha value is -2.31. The summed E-state index contributed by atoms with van der Waals surface area (Å²) in [4.78, 5) is 25.8. The van der Waals surface area contributed by atoms with E-state index in [1.165, 1.54) is 12.1 Å². The number of hydrogen-bond acceptors (Lipinski definition) is 3. The monoisotopic (exact) mass is 437 g/mol. The maximum atomic E-state index is 13.5. The lowest BCUT2D eigenvalue weighted by Gasteiger charge is -2.35. The molecule has 1 fully saturated rings. The van der Waals surface area contributed by atoms with Crippen LogP contribution in [0.15, 0.2) is 42.5 Å². The molecule has 154 valence electrons. The summed E-state index contributed by atoms with van der Waals surface area (Å²) in [7, 11) is 0. The van der Waals surface area contributed by atoms with Gasteiger partial charge in [0, 0.05) is 31.2 Å². The summed E-state index contributed by atoms with van der Waals surface area (Å²) >= 11 is 12.0. The predicted molar refractivity (Wildman–Crippen MR) is 113 cm³/mol. The zero-order valence-electron chi connectivity index (χ0n) is 15.7. The third-order valence-electron chi connectivity index (χ3n) is 4.95. The molecule has 2 amide bonds. The van der Waals surface area contributed by atoms with Gasteiger partial charge in [-0.3, -0.25) is 9.59 Å². The van der Waals surface area contributed by atoms with Gasteiger partial charge in [-0.1, -0.05) is 35.3 Å². The second-order valence-electron chi connectivity index (χ2n) is 7.06. The molecule has 1 saturated heterocycles. The molecule has 2 N–H and O–H groups in total. The minimum Gasteiger partial charge on any atom is -0.369 e. The third-order valence-corrected chi connectivity index (χ3v) is 5.69. The van der Waals surface area contributed by atoms with E-state index in [2.05, 4.69) is 15.5 Å². The molecule has 29 heavy (non-hydrogen) atoms. The molecule has 1 aliphatic heterocycles. The van der Waals surface area contributed by atoms with Gasteiger partial charge in [0.1, 0.15) is 11.9 Å². The number of rotatable bonds is 7. The van der Waals surface area contributed by atoms with Crippen molar-refractivity contribution in [3.05, 3.63) is 63.9 Å². The standard InChI is InChI=1S/C21H22Cl2FN3O2/c22-18-7-6-14(9-19(18)23)10-20(25-13-28)21(29)26-16-4-2-8-27(12-16)17-5-1-3-15(24)11-17/h1,3,5-7,9,11,13,16,20H,2,4,8,10,12H2,(H,25,28)(H,26,29)/t16-,20+/m1/s1. The lowest BCUT2D eigenvalue weighted by atomic mass is 10.0. The smallest absolute Gasteiger partial charge is 0.243 e. The van der Waals surface area contributed by atoms with Crippen molar-refractivity contribution in [1.82, 2.24) is 10.6 Å². The van der Waals surface area contributed by atoms with Crippen LogP contribution >= 0.6 is 23.2 Å². The van der Waals surface area contributed by atoms with Crippen LogP contribution in [-0.2, 0) is 16.0 Å². The number of halogens is 3. The Morgan fingerprint density at radius 1 is 1.24 bits per heavy atom. The van der Waals surface area contributed by atoms with E-state index in [1.54, 1.807) is 24.3 Å². The fourth-order valence-corrected chi connectivity index (χ4v) is 3.84.